The van der Waals surface area contributed by atoms with Gasteiger partial charge in [0.2, 0.25) is 0 Å². The minimum atomic E-state index is -0.446. The molecule has 0 fully saturated rings. The molecule has 0 radical (unpaired) electrons. The van der Waals surface area contributed by atoms with E-state index >= 15 is 9.59 Å². The molecule has 9 heteroatoms. The highest BCUT2D eigenvalue weighted by Gasteiger charge is 2.41. The molecule has 0 spiro atoms. The van der Waals surface area contributed by atoms with Gasteiger partial charge in [-0.1, -0.05) is 217 Å². The Morgan fingerprint density at radius 1 is 0.457 bits per heavy atom. The van der Waals surface area contributed by atoms with E-state index < -0.39 is 17.2 Å². The van der Waals surface area contributed by atoms with Crippen LogP contribution in [-0.4, -0.2) is 31.8 Å². The Hall–Kier alpha value is -11.3. The average Bonchev–Trinajstić information content (AvgIpc) is 1.60. The van der Waals surface area contributed by atoms with Crippen molar-refractivity contribution in [2.45, 2.75) is 158 Å². The summed E-state index contributed by atoms with van der Waals surface area (Å²) in [5.74, 6) is 8.91. The molecule has 0 saturated carbocycles. The molecule has 0 aliphatic carbocycles. The second kappa shape index (κ2) is 24.4. The zero-order chi connectivity index (χ0) is 73.9. The van der Waals surface area contributed by atoms with Gasteiger partial charge in [0, 0.05) is 72.3 Å². The zero-order valence-electron chi connectivity index (χ0n) is 63.6. The highest BCUT2D eigenvalue weighted by atomic mass is 16.5. The topological polar surface area (TPSA) is 113 Å². The summed E-state index contributed by atoms with van der Waals surface area (Å²) in [4.78, 5) is 52.8. The van der Waals surface area contributed by atoms with Crippen molar-refractivity contribution in [2.75, 3.05) is 4.90 Å². The lowest BCUT2D eigenvalue weighted by molar-refractivity contribution is 0.0892. The largest absolute Gasteiger partial charge is 0.457 e. The maximum atomic E-state index is 16.2. The van der Waals surface area contributed by atoms with E-state index in [4.69, 9.17) is 19.4 Å². The van der Waals surface area contributed by atoms with Gasteiger partial charge in [-0.15, -0.1) is 0 Å². The number of fused-ring (bicyclic) bond motifs is 10. The van der Waals surface area contributed by atoms with Gasteiger partial charge in [-0.2, -0.15) is 0 Å². The van der Waals surface area contributed by atoms with E-state index in [0.717, 1.165) is 144 Å². The van der Waals surface area contributed by atoms with Crippen molar-refractivity contribution in [3.8, 4) is 57.1 Å². The maximum absolute atomic E-state index is 16.2. The lowest BCUT2D eigenvalue weighted by Gasteiger charge is -2.34. The third-order valence-electron chi connectivity index (χ3n) is 21.7. The molecule has 105 heavy (non-hydrogen) atoms. The molecular formula is C96H89N5O4. The Morgan fingerprint density at radius 2 is 1.00 bits per heavy atom. The smallest absolute Gasteiger partial charge is 0.266 e. The SMILES string of the molecule is Cc1ccc(-c2c3nc(c(-c4c(C)cc(C)cc4C)c4ccc([nH]4)c(C#Cc4ccc5c6c(Oc7ccc(C(C)(C)C)cc7)cc7c8c(cc(Oc9ccc(C(C)(C)C)cc9)c(c9cccc4c95)c86)C(=O)N(c4cc(C(C)(C)C)ccc4C(C)(C)C)C7=O)c4nc(cc5ccc2[nH]5)C(C)(C)C4)C=C3)cc1. The van der Waals surface area contributed by atoms with Gasteiger partial charge in [0.1, 0.15) is 23.0 Å². The summed E-state index contributed by atoms with van der Waals surface area (Å²) in [6.45, 7) is 39.2. The first-order valence-electron chi connectivity index (χ1n) is 36.7. The maximum Gasteiger partial charge on any atom is 0.266 e. The first-order valence-corrected chi connectivity index (χ1v) is 36.7. The summed E-state index contributed by atoms with van der Waals surface area (Å²) in [5, 5.41) is 6.30. The van der Waals surface area contributed by atoms with E-state index in [-0.39, 0.29) is 21.7 Å². The van der Waals surface area contributed by atoms with Crippen LogP contribution in [0.5, 0.6) is 23.0 Å². The lowest BCUT2D eigenvalue weighted by atomic mass is 9.79. The molecule has 0 atom stereocenters. The van der Waals surface area contributed by atoms with Crippen molar-refractivity contribution in [3.05, 3.63) is 265 Å². The molecule has 0 saturated heterocycles. The van der Waals surface area contributed by atoms with Gasteiger partial charge in [0.15, 0.2) is 0 Å². The predicted molar refractivity (Wildman–Crippen MR) is 436 cm³/mol. The van der Waals surface area contributed by atoms with E-state index in [0.29, 0.717) is 57.0 Å². The molecule has 16 rings (SSSR count). The fourth-order valence-electron chi connectivity index (χ4n) is 16.1. The van der Waals surface area contributed by atoms with Crippen molar-refractivity contribution in [1.82, 2.24) is 19.9 Å². The van der Waals surface area contributed by atoms with Crippen molar-refractivity contribution in [1.29, 1.82) is 0 Å². The van der Waals surface area contributed by atoms with Crippen LogP contribution in [0.4, 0.5) is 5.69 Å². The van der Waals surface area contributed by atoms with Crippen molar-refractivity contribution < 1.29 is 19.1 Å². The van der Waals surface area contributed by atoms with Crippen molar-refractivity contribution in [2.24, 2.45) is 0 Å². The lowest BCUT2D eigenvalue weighted by Crippen LogP contribution is -2.42. The fourth-order valence-corrected chi connectivity index (χ4v) is 16.1. The number of hydrogen-bond acceptors (Lipinski definition) is 6. The van der Waals surface area contributed by atoms with Crippen LogP contribution >= 0.6 is 0 Å². The van der Waals surface area contributed by atoms with Crippen LogP contribution in [-0.2, 0) is 33.5 Å². The number of rotatable bonds is 7. The van der Waals surface area contributed by atoms with Crippen LogP contribution in [0, 0.1) is 39.5 Å². The van der Waals surface area contributed by atoms with Gasteiger partial charge >= 0.3 is 0 Å². The molecule has 13 aromatic rings. The zero-order valence-corrected chi connectivity index (χ0v) is 63.6. The minimum Gasteiger partial charge on any atom is -0.457 e. The van der Waals surface area contributed by atoms with E-state index in [1.807, 2.05) is 42.5 Å². The van der Waals surface area contributed by atoms with E-state index in [9.17, 15) is 0 Å². The molecule has 3 aromatic heterocycles. The molecule has 2 amide bonds. The summed E-state index contributed by atoms with van der Waals surface area (Å²) in [7, 11) is 0. The van der Waals surface area contributed by atoms with E-state index in [1.54, 1.807) is 0 Å². The van der Waals surface area contributed by atoms with Crippen molar-refractivity contribution in [3.63, 3.8) is 0 Å². The van der Waals surface area contributed by atoms with Crippen LogP contribution in [0.1, 0.15) is 196 Å². The third-order valence-corrected chi connectivity index (χ3v) is 21.7. The number of nitrogens with one attached hydrogen (secondary N) is 2. The summed E-state index contributed by atoms with van der Waals surface area (Å²) >= 11 is 0. The Bertz CT molecular complexity index is 5980. The number of anilines is 1. The fraction of sp³-hybridized carbons (Fsp3) is 0.250. The average molecular weight is 1380 g/mol. The highest BCUT2D eigenvalue weighted by molar-refractivity contribution is 6.44. The Kier molecular flexibility index (Phi) is 15.8. The number of nitrogens with zero attached hydrogens (tertiary/aromatic N) is 3. The molecule has 3 aliphatic rings. The summed E-state index contributed by atoms with van der Waals surface area (Å²) < 4.78 is 14.6. The van der Waals surface area contributed by atoms with Gasteiger partial charge in [-0.3, -0.25) is 14.6 Å². The molecule has 8 bridgehead atoms. The summed E-state index contributed by atoms with van der Waals surface area (Å²) in [6, 6.07) is 61.1. The van der Waals surface area contributed by atoms with Gasteiger partial charge in [-0.25, -0.2) is 9.88 Å². The van der Waals surface area contributed by atoms with E-state index in [1.165, 1.54) is 16.0 Å². The molecule has 2 N–H and O–H groups in total. The van der Waals surface area contributed by atoms with Crippen LogP contribution in [0.2, 0.25) is 0 Å². The van der Waals surface area contributed by atoms with Crippen LogP contribution < -0.4 is 14.4 Å². The van der Waals surface area contributed by atoms with E-state index in [2.05, 4.69) is 292 Å². The molecule has 10 aromatic carbocycles. The van der Waals surface area contributed by atoms with Gasteiger partial charge in [-0.05, 0) is 206 Å². The molecule has 3 aliphatic heterocycles. The minimum absolute atomic E-state index is 0.116. The summed E-state index contributed by atoms with van der Waals surface area (Å²) in [5.41, 5.74) is 21.8. The second-order valence-corrected chi connectivity index (χ2v) is 34.2. The predicted octanol–water partition coefficient (Wildman–Crippen LogP) is 24.6. The van der Waals surface area contributed by atoms with Crippen LogP contribution in [0.25, 0.3) is 99.6 Å². The second-order valence-electron chi connectivity index (χ2n) is 34.2. The van der Waals surface area contributed by atoms with Gasteiger partial charge in [0.05, 0.1) is 45.0 Å². The number of amides is 2. The highest BCUT2D eigenvalue weighted by Crippen LogP contribution is 2.54. The number of H-pyrrole nitrogens is 2. The Morgan fingerprint density at radius 3 is 1.59 bits per heavy atom. The van der Waals surface area contributed by atoms with Gasteiger partial charge in [0.25, 0.3) is 11.8 Å². The number of ether oxygens (including phenoxy) is 2. The summed E-state index contributed by atoms with van der Waals surface area (Å²) in [6.07, 6.45) is 4.94. The first kappa shape index (κ1) is 68.1. The Labute approximate surface area is 615 Å². The number of imide groups is 1. The normalized spacial score (nSPS) is 13.9. The number of benzene rings is 10. The van der Waals surface area contributed by atoms with Crippen LogP contribution in [0.3, 0.4) is 0 Å². The number of aromatic nitrogens is 4. The first-order chi connectivity index (χ1) is 49.7. The van der Waals surface area contributed by atoms with Crippen molar-refractivity contribution >= 4 is 94.8 Å². The number of hydrogen-bond donors (Lipinski definition) is 2. The quantitative estimate of drug-likeness (QED) is 0.0711. The molecule has 0 unspecified atom stereocenters. The molecule has 9 nitrogen and oxygen atoms in total. The number of aromatic amines is 2. The third kappa shape index (κ3) is 11.8. The Balaban J connectivity index is 0.974. The monoisotopic (exact) mass is 1380 g/mol. The van der Waals surface area contributed by atoms with Crippen LogP contribution in [0.15, 0.2) is 176 Å². The molecule has 6 heterocycles. The number of carbonyl (C=O) groups is 2. The standard InChI is InChI=1S/C96H89N5O4/c1-53-22-24-58(25-23-53)83-73-41-33-62(97-73)49-81-96(17,18)52-77(100-81)66(72-42-43-75(98-72)88(76-45-44-74(83)99-76)82-55(3)46-54(2)47-56(82)4)38-26-57-27-39-68-84-65(57)20-19-21-67(84)86-79(104-63-34-28-59(29-35-63)92(5,6)7)50-69-85-70(51-80(87(68)89(85)86)105-64-36-30-60(31-37-64)93(8,9)10)91(103)101(90(69)102)78-48-61(94(11,12)13)32-40-71(78)95(14,15)16/h19-25,27-37,39-51,97-98H,52H2,1-18H3. The van der Waals surface area contributed by atoms with Gasteiger partial charge < -0.3 is 19.4 Å². The molecule has 522 valence electrons. The molecular weight excluding hydrogens is 1290 g/mol. The number of carbonyl (C=O) groups excluding carboxylic acids is 2. The number of aryl methyl sites for hydroxylation is 4.